The van der Waals surface area contributed by atoms with Gasteiger partial charge in [-0.25, -0.2) is 4.79 Å². The molecule has 166 valence electrons. The maximum Gasteiger partial charge on any atom is 0.326 e. The monoisotopic (exact) mass is 450 g/mol. The Labute approximate surface area is 179 Å². The number of nitrogens with one attached hydrogen (secondary N) is 2. The Morgan fingerprint density at radius 3 is 2.48 bits per heavy atom. The van der Waals surface area contributed by atoms with E-state index in [1.165, 1.54) is 23.6 Å². The predicted octanol–water partition coefficient (Wildman–Crippen LogP) is -1.58. The molecule has 29 heavy (non-hydrogen) atoms. The van der Waals surface area contributed by atoms with Gasteiger partial charge in [0, 0.05) is 12.3 Å². The van der Waals surface area contributed by atoms with Crippen molar-refractivity contribution in [3.8, 4) is 0 Å². The molecular weight excluding hydrogens is 420 g/mol. The fourth-order valence-electron chi connectivity index (χ4n) is 3.00. The molecule has 0 aromatic rings. The van der Waals surface area contributed by atoms with Gasteiger partial charge in [-0.3, -0.25) is 14.4 Å². The molecule has 3 amide bonds. The van der Waals surface area contributed by atoms with Crippen molar-refractivity contribution in [2.24, 2.45) is 5.73 Å². The summed E-state index contributed by atoms with van der Waals surface area (Å²) >= 11 is 5.44. The molecule has 5 atom stereocenters. The van der Waals surface area contributed by atoms with E-state index in [9.17, 15) is 29.4 Å². The van der Waals surface area contributed by atoms with Crippen LogP contribution in [0.5, 0.6) is 0 Å². The van der Waals surface area contributed by atoms with Crippen LogP contribution in [0.1, 0.15) is 26.2 Å². The molecule has 0 saturated carbocycles. The third kappa shape index (κ3) is 7.36. The lowest BCUT2D eigenvalue weighted by molar-refractivity contribution is -0.144. The number of carbonyl (C=O) groups is 4. The summed E-state index contributed by atoms with van der Waals surface area (Å²) in [5.41, 5.74) is 5.72. The first kappa shape index (κ1) is 25.5. The van der Waals surface area contributed by atoms with E-state index < -0.39 is 54.0 Å². The number of aliphatic hydroxyl groups is 1. The van der Waals surface area contributed by atoms with Crippen LogP contribution in [0.2, 0.25) is 0 Å². The van der Waals surface area contributed by atoms with Crippen molar-refractivity contribution in [2.75, 3.05) is 24.3 Å². The first-order valence-electron chi connectivity index (χ1n) is 9.31. The second-order valence-corrected chi connectivity index (χ2v) is 8.24. The molecule has 1 aliphatic heterocycles. The maximum absolute atomic E-state index is 12.7. The van der Waals surface area contributed by atoms with Gasteiger partial charge in [-0.15, -0.1) is 0 Å². The number of thioether (sulfide) groups is 1. The van der Waals surface area contributed by atoms with Crippen LogP contribution in [0.15, 0.2) is 0 Å². The summed E-state index contributed by atoms with van der Waals surface area (Å²) < 4.78 is 0. The minimum atomic E-state index is -1.35. The lowest BCUT2D eigenvalue weighted by Gasteiger charge is -2.29. The highest BCUT2D eigenvalue weighted by Gasteiger charge is 2.38. The number of aliphatic hydroxyl groups excluding tert-OH is 1. The summed E-state index contributed by atoms with van der Waals surface area (Å²) in [6.07, 6.45) is 1.75. The van der Waals surface area contributed by atoms with Crippen molar-refractivity contribution in [3.63, 3.8) is 0 Å². The van der Waals surface area contributed by atoms with Crippen LogP contribution in [-0.2, 0) is 19.2 Å². The van der Waals surface area contributed by atoms with Crippen molar-refractivity contribution in [2.45, 2.75) is 56.5 Å². The third-order valence-electron chi connectivity index (χ3n) is 4.64. The van der Waals surface area contributed by atoms with Crippen LogP contribution in [-0.4, -0.2) is 93.4 Å². The molecule has 1 saturated heterocycles. The van der Waals surface area contributed by atoms with Crippen LogP contribution in [0.3, 0.4) is 0 Å². The Hall–Kier alpha value is -1.50. The van der Waals surface area contributed by atoms with E-state index in [-0.39, 0.29) is 12.2 Å². The van der Waals surface area contributed by atoms with E-state index in [4.69, 9.17) is 5.73 Å². The minimum Gasteiger partial charge on any atom is -0.480 e. The largest absolute Gasteiger partial charge is 0.480 e. The van der Waals surface area contributed by atoms with Crippen molar-refractivity contribution in [3.05, 3.63) is 0 Å². The third-order valence-corrected chi connectivity index (χ3v) is 5.68. The first-order valence-corrected chi connectivity index (χ1v) is 11.3. The van der Waals surface area contributed by atoms with E-state index >= 15 is 0 Å². The van der Waals surface area contributed by atoms with Gasteiger partial charge in [0.2, 0.25) is 17.7 Å². The summed E-state index contributed by atoms with van der Waals surface area (Å²) in [6.45, 7) is 1.68. The number of hydrogen-bond acceptors (Lipinski definition) is 8. The zero-order valence-corrected chi connectivity index (χ0v) is 18.2. The van der Waals surface area contributed by atoms with Crippen molar-refractivity contribution in [1.29, 1.82) is 0 Å². The maximum atomic E-state index is 12.7. The van der Waals surface area contributed by atoms with Gasteiger partial charge in [0.25, 0.3) is 0 Å². The number of carboxylic acid groups (broad SMARTS) is 1. The SMILES string of the molecule is CSCCC(NC(=O)C(NC(=O)C1CCCN1C(=O)C(N)CS)C(C)O)C(=O)O. The Balaban J connectivity index is 2.84. The summed E-state index contributed by atoms with van der Waals surface area (Å²) in [7, 11) is 0. The fourth-order valence-corrected chi connectivity index (χ4v) is 3.63. The number of aliphatic carboxylic acids is 1. The average Bonchev–Trinajstić information content (AvgIpc) is 3.16. The van der Waals surface area contributed by atoms with Crippen LogP contribution < -0.4 is 16.4 Å². The van der Waals surface area contributed by atoms with E-state index in [0.717, 1.165) is 0 Å². The number of nitrogens with two attached hydrogens (primary N) is 1. The van der Waals surface area contributed by atoms with E-state index in [0.29, 0.717) is 25.1 Å². The Bertz CT molecular complexity index is 606. The standard InChI is InChI=1S/C17H30N4O6S2/c1-9(22)13(15(24)19-11(17(26)27)5-7-29-2)20-14(23)12-4-3-6-21(12)16(25)10(18)8-28/h9-13,22,28H,3-8,18H2,1-2H3,(H,19,24)(H,20,23)(H,26,27). The molecule has 0 aromatic carbocycles. The van der Waals surface area contributed by atoms with Gasteiger partial charge in [0.1, 0.15) is 18.1 Å². The quantitative estimate of drug-likeness (QED) is 0.206. The van der Waals surface area contributed by atoms with Gasteiger partial charge < -0.3 is 31.5 Å². The highest BCUT2D eigenvalue weighted by molar-refractivity contribution is 7.98. The number of rotatable bonds is 11. The molecule has 12 heteroatoms. The first-order chi connectivity index (χ1) is 13.6. The molecule has 6 N–H and O–H groups in total. The second-order valence-electron chi connectivity index (χ2n) is 6.89. The summed E-state index contributed by atoms with van der Waals surface area (Å²) in [4.78, 5) is 50.3. The number of amides is 3. The molecule has 0 aliphatic carbocycles. The average molecular weight is 451 g/mol. The normalized spacial score (nSPS) is 20.4. The molecular formula is C17H30N4O6S2. The van der Waals surface area contributed by atoms with Gasteiger partial charge in [0.05, 0.1) is 12.1 Å². The van der Waals surface area contributed by atoms with Crippen molar-refractivity contribution < 1.29 is 29.4 Å². The Morgan fingerprint density at radius 2 is 1.97 bits per heavy atom. The van der Waals surface area contributed by atoms with Crippen LogP contribution in [0.25, 0.3) is 0 Å². The number of hydrogen-bond donors (Lipinski definition) is 6. The predicted molar refractivity (Wildman–Crippen MR) is 113 cm³/mol. The summed E-state index contributed by atoms with van der Waals surface area (Å²) in [6, 6.07) is -4.13. The molecule has 0 radical (unpaired) electrons. The number of carboxylic acids is 1. The highest BCUT2D eigenvalue weighted by atomic mass is 32.2. The fraction of sp³-hybridized carbons (Fsp3) is 0.765. The lowest BCUT2D eigenvalue weighted by Crippen LogP contribution is -2.59. The van der Waals surface area contributed by atoms with E-state index in [1.54, 1.807) is 0 Å². The van der Waals surface area contributed by atoms with E-state index in [1.807, 2.05) is 6.26 Å². The van der Waals surface area contributed by atoms with Crippen LogP contribution in [0, 0.1) is 0 Å². The zero-order chi connectivity index (χ0) is 22.1. The second kappa shape index (κ2) is 12.3. The highest BCUT2D eigenvalue weighted by Crippen LogP contribution is 2.19. The lowest BCUT2D eigenvalue weighted by atomic mass is 10.1. The molecule has 1 aliphatic rings. The zero-order valence-electron chi connectivity index (χ0n) is 16.5. The summed E-state index contributed by atoms with van der Waals surface area (Å²) in [5, 5.41) is 24.0. The van der Waals surface area contributed by atoms with Crippen molar-refractivity contribution in [1.82, 2.24) is 15.5 Å². The number of thiol groups is 1. The smallest absolute Gasteiger partial charge is 0.326 e. The van der Waals surface area contributed by atoms with Crippen LogP contribution >= 0.6 is 24.4 Å². The molecule has 1 fully saturated rings. The molecule has 10 nitrogen and oxygen atoms in total. The topological polar surface area (TPSA) is 162 Å². The van der Waals surface area contributed by atoms with Gasteiger partial charge in [-0.2, -0.15) is 24.4 Å². The van der Waals surface area contributed by atoms with Gasteiger partial charge >= 0.3 is 5.97 Å². The number of nitrogens with zero attached hydrogens (tertiary/aromatic N) is 1. The molecule has 1 heterocycles. The summed E-state index contributed by atoms with van der Waals surface area (Å²) in [5.74, 6) is -2.35. The van der Waals surface area contributed by atoms with Gasteiger partial charge in [-0.1, -0.05) is 0 Å². The van der Waals surface area contributed by atoms with Crippen LogP contribution in [0.4, 0.5) is 0 Å². The number of carbonyl (C=O) groups excluding carboxylic acids is 3. The molecule has 5 unspecified atom stereocenters. The molecule has 1 rings (SSSR count). The molecule has 0 aromatic heterocycles. The Morgan fingerprint density at radius 1 is 1.31 bits per heavy atom. The van der Waals surface area contributed by atoms with E-state index in [2.05, 4.69) is 23.3 Å². The molecule has 0 bridgehead atoms. The van der Waals surface area contributed by atoms with Gasteiger partial charge in [-0.05, 0) is 38.2 Å². The Kier molecular flexibility index (Phi) is 10.8. The number of likely N-dealkylation sites (tertiary alicyclic amines) is 1. The van der Waals surface area contributed by atoms with Crippen molar-refractivity contribution >= 4 is 48.1 Å². The van der Waals surface area contributed by atoms with Gasteiger partial charge in [0.15, 0.2) is 0 Å². The molecule has 0 spiro atoms. The minimum absolute atomic E-state index is 0.134.